The minimum atomic E-state index is -3.97. The van der Waals surface area contributed by atoms with Crippen LogP contribution < -0.4 is 14.2 Å². The Morgan fingerprint density at radius 3 is 2.48 bits per heavy atom. The van der Waals surface area contributed by atoms with Gasteiger partial charge in [0, 0.05) is 31.9 Å². The second-order valence-electron chi connectivity index (χ2n) is 5.90. The van der Waals surface area contributed by atoms with Crippen LogP contribution in [0.3, 0.4) is 0 Å². The fourth-order valence-electron chi connectivity index (χ4n) is 2.32. The number of terminal acetylenes is 1. The van der Waals surface area contributed by atoms with Crippen LogP contribution in [0.4, 0.5) is 5.69 Å². The maximum atomic E-state index is 12.7. The predicted octanol–water partition coefficient (Wildman–Crippen LogP) is 1.70. The van der Waals surface area contributed by atoms with Crippen LogP contribution in [0.25, 0.3) is 0 Å². The predicted molar refractivity (Wildman–Crippen MR) is 102 cm³/mol. The molecule has 0 saturated carbocycles. The van der Waals surface area contributed by atoms with Crippen LogP contribution in [0.15, 0.2) is 33.3 Å². The first-order valence-electron chi connectivity index (χ1n) is 8.23. The standard InChI is InChI=1S/C16H22N4O5S2/c1-4-6-9-16(19-20-16)10-11-17-27(23,24)15-8-7-13(25-3)12-14(15)18-26(21,22)5-2/h1,7-8,12,17-18H,5-6,9-11H2,2-3H3. The summed E-state index contributed by atoms with van der Waals surface area (Å²) in [6.45, 7) is 1.54. The second kappa shape index (κ2) is 8.24. The molecule has 0 fully saturated rings. The number of rotatable bonds is 11. The molecule has 1 heterocycles. The lowest BCUT2D eigenvalue weighted by Crippen LogP contribution is -2.29. The van der Waals surface area contributed by atoms with E-state index < -0.39 is 25.7 Å². The van der Waals surface area contributed by atoms with Crippen molar-refractivity contribution in [3.63, 3.8) is 0 Å². The maximum absolute atomic E-state index is 12.7. The lowest BCUT2D eigenvalue weighted by atomic mass is 10.1. The van der Waals surface area contributed by atoms with Gasteiger partial charge in [-0.2, -0.15) is 10.2 Å². The second-order valence-corrected chi connectivity index (χ2v) is 9.65. The number of anilines is 1. The molecule has 1 aliphatic rings. The molecule has 148 valence electrons. The van der Waals surface area contributed by atoms with Crippen molar-refractivity contribution in [3.8, 4) is 18.1 Å². The van der Waals surface area contributed by atoms with E-state index in [0.717, 1.165) is 0 Å². The van der Waals surface area contributed by atoms with Gasteiger partial charge in [-0.15, -0.1) is 12.3 Å². The highest BCUT2D eigenvalue weighted by Crippen LogP contribution is 2.36. The van der Waals surface area contributed by atoms with Crippen LogP contribution in [0, 0.1) is 12.3 Å². The van der Waals surface area contributed by atoms with E-state index in [1.807, 2.05) is 0 Å². The maximum Gasteiger partial charge on any atom is 0.242 e. The molecule has 11 heteroatoms. The van der Waals surface area contributed by atoms with Crippen molar-refractivity contribution < 1.29 is 21.6 Å². The van der Waals surface area contributed by atoms with Gasteiger partial charge in [-0.25, -0.2) is 21.6 Å². The van der Waals surface area contributed by atoms with E-state index in [1.54, 1.807) is 0 Å². The molecule has 0 saturated heterocycles. The third kappa shape index (κ3) is 5.66. The summed E-state index contributed by atoms with van der Waals surface area (Å²) < 4.78 is 58.9. The fraction of sp³-hybridized carbons (Fsp3) is 0.500. The molecule has 1 aliphatic heterocycles. The molecule has 2 N–H and O–H groups in total. The highest BCUT2D eigenvalue weighted by Gasteiger charge is 2.39. The monoisotopic (exact) mass is 414 g/mol. The Hall–Kier alpha value is -2.16. The SMILES string of the molecule is C#CCCC1(CCNS(=O)(=O)c2ccc(OC)cc2NS(=O)(=O)CC)N=N1. The first kappa shape index (κ1) is 21.1. The summed E-state index contributed by atoms with van der Waals surface area (Å²) in [6, 6.07) is 4.05. The molecule has 0 amide bonds. The molecule has 0 aliphatic carbocycles. The Bertz CT molecular complexity index is 959. The molecule has 0 radical (unpaired) electrons. The van der Waals surface area contributed by atoms with Gasteiger partial charge in [0.1, 0.15) is 10.6 Å². The third-order valence-electron chi connectivity index (χ3n) is 3.99. The number of nitrogens with zero attached hydrogens (tertiary/aromatic N) is 2. The van der Waals surface area contributed by atoms with Gasteiger partial charge in [-0.05, 0) is 19.1 Å². The van der Waals surface area contributed by atoms with Crippen LogP contribution in [0.1, 0.15) is 26.2 Å². The molecule has 1 aromatic carbocycles. The van der Waals surface area contributed by atoms with E-state index in [4.69, 9.17) is 11.2 Å². The van der Waals surface area contributed by atoms with Gasteiger partial charge in [0.05, 0.1) is 18.6 Å². The minimum absolute atomic E-state index is 0.0773. The van der Waals surface area contributed by atoms with Gasteiger partial charge in [-0.3, -0.25) is 4.72 Å². The summed E-state index contributed by atoms with van der Waals surface area (Å²) in [7, 11) is -6.24. The summed E-state index contributed by atoms with van der Waals surface area (Å²) in [4.78, 5) is -0.192. The summed E-state index contributed by atoms with van der Waals surface area (Å²) in [5, 5.41) is 7.90. The van der Waals surface area contributed by atoms with Crippen molar-refractivity contribution in [1.29, 1.82) is 0 Å². The zero-order chi connectivity index (χ0) is 20.1. The van der Waals surface area contributed by atoms with E-state index in [0.29, 0.717) is 25.0 Å². The average molecular weight is 415 g/mol. The van der Waals surface area contributed by atoms with E-state index in [9.17, 15) is 16.8 Å². The molecule has 1 aromatic rings. The van der Waals surface area contributed by atoms with Crippen LogP contribution in [0.2, 0.25) is 0 Å². The number of hydrogen-bond donors (Lipinski definition) is 2. The quantitative estimate of drug-likeness (QED) is 0.533. The normalized spacial score (nSPS) is 15.1. The van der Waals surface area contributed by atoms with Gasteiger partial charge in [0.25, 0.3) is 0 Å². The zero-order valence-electron chi connectivity index (χ0n) is 15.1. The number of methoxy groups -OCH3 is 1. The van der Waals surface area contributed by atoms with Crippen molar-refractivity contribution in [2.75, 3.05) is 24.1 Å². The molecule has 0 spiro atoms. The van der Waals surface area contributed by atoms with E-state index >= 15 is 0 Å². The van der Waals surface area contributed by atoms with Crippen molar-refractivity contribution in [3.05, 3.63) is 18.2 Å². The first-order valence-corrected chi connectivity index (χ1v) is 11.4. The van der Waals surface area contributed by atoms with Gasteiger partial charge in [0.2, 0.25) is 20.0 Å². The Balaban J connectivity index is 2.16. The molecule has 0 bridgehead atoms. The average Bonchev–Trinajstić information content (AvgIpc) is 3.39. The zero-order valence-corrected chi connectivity index (χ0v) is 16.7. The summed E-state index contributed by atoms with van der Waals surface area (Å²) in [5.74, 6) is 2.64. The van der Waals surface area contributed by atoms with Crippen molar-refractivity contribution in [1.82, 2.24) is 4.72 Å². The number of sulfonamides is 2. The van der Waals surface area contributed by atoms with Gasteiger partial charge in [0.15, 0.2) is 5.66 Å². The summed E-state index contributed by atoms with van der Waals surface area (Å²) in [6.07, 6.45) is 6.67. The third-order valence-corrected chi connectivity index (χ3v) is 6.80. The Kier molecular flexibility index (Phi) is 6.46. The lowest BCUT2D eigenvalue weighted by Gasteiger charge is -2.15. The Labute approximate surface area is 159 Å². The van der Waals surface area contributed by atoms with E-state index in [1.165, 1.54) is 32.2 Å². The van der Waals surface area contributed by atoms with E-state index in [-0.39, 0.29) is 22.9 Å². The van der Waals surface area contributed by atoms with E-state index in [2.05, 4.69) is 25.6 Å². The number of ether oxygens (including phenoxy) is 1. The topological polar surface area (TPSA) is 126 Å². The molecular formula is C16H22N4O5S2. The smallest absolute Gasteiger partial charge is 0.242 e. The number of hydrogen-bond acceptors (Lipinski definition) is 7. The van der Waals surface area contributed by atoms with Crippen molar-refractivity contribution in [2.24, 2.45) is 10.2 Å². The first-order chi connectivity index (χ1) is 12.7. The molecule has 27 heavy (non-hydrogen) atoms. The van der Waals surface area contributed by atoms with Gasteiger partial charge in [-0.1, -0.05) is 0 Å². The van der Waals surface area contributed by atoms with Crippen LogP contribution in [-0.4, -0.2) is 41.9 Å². The highest BCUT2D eigenvalue weighted by atomic mass is 32.2. The van der Waals surface area contributed by atoms with Crippen LogP contribution >= 0.6 is 0 Å². The lowest BCUT2D eigenvalue weighted by molar-refractivity contribution is 0.414. The van der Waals surface area contributed by atoms with Gasteiger partial charge >= 0.3 is 0 Å². The van der Waals surface area contributed by atoms with Gasteiger partial charge < -0.3 is 4.74 Å². The summed E-state index contributed by atoms with van der Waals surface area (Å²) >= 11 is 0. The van der Waals surface area contributed by atoms with Crippen LogP contribution in [-0.2, 0) is 20.0 Å². The molecular weight excluding hydrogens is 392 g/mol. The van der Waals surface area contributed by atoms with Crippen molar-refractivity contribution in [2.45, 2.75) is 36.7 Å². The number of benzene rings is 1. The minimum Gasteiger partial charge on any atom is -0.497 e. The molecule has 0 atom stereocenters. The fourth-order valence-corrected chi connectivity index (χ4v) is 4.21. The molecule has 0 unspecified atom stereocenters. The highest BCUT2D eigenvalue weighted by molar-refractivity contribution is 7.93. The van der Waals surface area contributed by atoms with Crippen molar-refractivity contribution >= 4 is 25.7 Å². The Morgan fingerprint density at radius 2 is 1.93 bits per heavy atom. The van der Waals surface area contributed by atoms with Crippen LogP contribution in [0.5, 0.6) is 5.75 Å². The molecule has 9 nitrogen and oxygen atoms in total. The molecule has 0 aromatic heterocycles. The number of nitrogens with one attached hydrogen (secondary N) is 2. The molecule has 2 rings (SSSR count). The Morgan fingerprint density at radius 1 is 1.22 bits per heavy atom. The summed E-state index contributed by atoms with van der Waals surface area (Å²) in [5.41, 5.74) is -0.687. The largest absolute Gasteiger partial charge is 0.497 e.